The van der Waals surface area contributed by atoms with Crippen LogP contribution in [0.1, 0.15) is 18.4 Å². The van der Waals surface area contributed by atoms with E-state index in [1.54, 1.807) is 0 Å². The Kier molecular flexibility index (Phi) is 2.07. The first-order valence-electron chi connectivity index (χ1n) is 4.58. The molecule has 1 fully saturated rings. The fourth-order valence-electron chi connectivity index (χ4n) is 1.47. The van der Waals surface area contributed by atoms with Crippen LogP contribution in [0.3, 0.4) is 0 Å². The lowest BCUT2D eigenvalue weighted by molar-refractivity contribution is -0.144. The SMILES string of the molecule is Cc1ccc(C2(C)CNC(=O)CO2)o1. The second-order valence-electron chi connectivity index (χ2n) is 3.71. The molecule has 4 heteroatoms. The Morgan fingerprint density at radius 3 is 2.79 bits per heavy atom. The van der Waals surface area contributed by atoms with E-state index in [1.807, 2.05) is 26.0 Å². The first kappa shape index (κ1) is 9.27. The third kappa shape index (κ3) is 1.53. The summed E-state index contributed by atoms with van der Waals surface area (Å²) >= 11 is 0. The standard InChI is InChI=1S/C10H13NO3/c1-7-3-4-8(14-7)10(2)6-11-9(12)5-13-10/h3-4H,5-6H2,1-2H3,(H,11,12). The van der Waals surface area contributed by atoms with Gasteiger partial charge in [0.2, 0.25) is 5.91 Å². The van der Waals surface area contributed by atoms with Gasteiger partial charge in [0.25, 0.3) is 0 Å². The van der Waals surface area contributed by atoms with Gasteiger partial charge in [-0.05, 0) is 26.0 Å². The minimum absolute atomic E-state index is 0.0780. The Morgan fingerprint density at radius 1 is 1.50 bits per heavy atom. The van der Waals surface area contributed by atoms with Gasteiger partial charge in [0.15, 0.2) is 0 Å². The molecule has 76 valence electrons. The number of hydrogen-bond donors (Lipinski definition) is 1. The van der Waals surface area contributed by atoms with Crippen molar-refractivity contribution in [2.45, 2.75) is 19.4 Å². The molecule has 14 heavy (non-hydrogen) atoms. The van der Waals surface area contributed by atoms with Gasteiger partial charge in [-0.15, -0.1) is 0 Å². The maximum Gasteiger partial charge on any atom is 0.246 e. The van der Waals surface area contributed by atoms with Gasteiger partial charge >= 0.3 is 0 Å². The van der Waals surface area contributed by atoms with E-state index in [-0.39, 0.29) is 12.5 Å². The summed E-state index contributed by atoms with van der Waals surface area (Å²) in [4.78, 5) is 10.9. The van der Waals surface area contributed by atoms with Crippen molar-refractivity contribution in [3.63, 3.8) is 0 Å². The molecule has 1 aliphatic heterocycles. The molecule has 2 rings (SSSR count). The van der Waals surface area contributed by atoms with Gasteiger partial charge < -0.3 is 14.5 Å². The smallest absolute Gasteiger partial charge is 0.246 e. The van der Waals surface area contributed by atoms with Crippen LogP contribution in [0, 0.1) is 6.92 Å². The van der Waals surface area contributed by atoms with E-state index in [0.29, 0.717) is 6.54 Å². The first-order chi connectivity index (χ1) is 6.60. The Labute approximate surface area is 82.2 Å². The maximum absolute atomic E-state index is 10.9. The second kappa shape index (κ2) is 3.13. The molecule has 0 aliphatic carbocycles. The van der Waals surface area contributed by atoms with Crippen molar-refractivity contribution in [3.05, 3.63) is 23.7 Å². The topological polar surface area (TPSA) is 51.5 Å². The number of amides is 1. The number of ether oxygens (including phenoxy) is 1. The summed E-state index contributed by atoms with van der Waals surface area (Å²) < 4.78 is 11.0. The quantitative estimate of drug-likeness (QED) is 0.725. The molecule has 2 heterocycles. The van der Waals surface area contributed by atoms with Gasteiger partial charge in [-0.1, -0.05) is 0 Å². The van der Waals surface area contributed by atoms with Gasteiger partial charge in [0.05, 0.1) is 6.54 Å². The van der Waals surface area contributed by atoms with Crippen molar-refractivity contribution >= 4 is 5.91 Å². The number of carbonyl (C=O) groups is 1. The highest BCUT2D eigenvalue weighted by molar-refractivity contribution is 5.78. The van der Waals surface area contributed by atoms with Crippen LogP contribution in [0.25, 0.3) is 0 Å². The molecule has 4 nitrogen and oxygen atoms in total. The molecular formula is C10H13NO3. The highest BCUT2D eigenvalue weighted by Crippen LogP contribution is 2.27. The summed E-state index contributed by atoms with van der Waals surface area (Å²) in [7, 11) is 0. The molecule has 0 radical (unpaired) electrons. The lowest BCUT2D eigenvalue weighted by atomic mass is 10.0. The number of carbonyl (C=O) groups excluding carboxylic acids is 1. The van der Waals surface area contributed by atoms with Crippen LogP contribution in [0.2, 0.25) is 0 Å². The summed E-state index contributed by atoms with van der Waals surface area (Å²) in [6.07, 6.45) is 0. The van der Waals surface area contributed by atoms with Crippen molar-refractivity contribution < 1.29 is 13.9 Å². The third-order valence-corrected chi connectivity index (χ3v) is 2.41. The predicted molar refractivity (Wildman–Crippen MR) is 49.8 cm³/mol. The summed E-state index contributed by atoms with van der Waals surface area (Å²) in [6, 6.07) is 3.77. The van der Waals surface area contributed by atoms with Gasteiger partial charge in [-0.3, -0.25) is 4.79 Å². The minimum Gasteiger partial charge on any atom is -0.463 e. The molecule has 0 spiro atoms. The Bertz CT molecular complexity index is 346. The minimum atomic E-state index is -0.526. The highest BCUT2D eigenvalue weighted by atomic mass is 16.5. The average Bonchev–Trinajstić information content (AvgIpc) is 2.58. The van der Waals surface area contributed by atoms with Crippen LogP contribution >= 0.6 is 0 Å². The molecule has 1 aromatic heterocycles. The molecule has 1 atom stereocenters. The maximum atomic E-state index is 10.9. The summed E-state index contributed by atoms with van der Waals surface area (Å²) in [5.41, 5.74) is -0.526. The fourth-order valence-corrected chi connectivity index (χ4v) is 1.47. The van der Waals surface area contributed by atoms with Crippen molar-refractivity contribution in [3.8, 4) is 0 Å². The fraction of sp³-hybridized carbons (Fsp3) is 0.500. The Hall–Kier alpha value is -1.29. The van der Waals surface area contributed by atoms with Gasteiger partial charge in [-0.2, -0.15) is 0 Å². The van der Waals surface area contributed by atoms with Crippen LogP contribution in [0.15, 0.2) is 16.5 Å². The number of hydrogen-bond acceptors (Lipinski definition) is 3. The molecule has 1 aromatic rings. The number of rotatable bonds is 1. The largest absolute Gasteiger partial charge is 0.463 e. The van der Waals surface area contributed by atoms with Crippen molar-refractivity contribution in [1.29, 1.82) is 0 Å². The first-order valence-corrected chi connectivity index (χ1v) is 4.58. The molecule has 1 amide bonds. The zero-order valence-electron chi connectivity index (χ0n) is 8.29. The summed E-state index contributed by atoms with van der Waals surface area (Å²) in [5, 5.41) is 2.76. The molecule has 0 aromatic carbocycles. The molecule has 1 unspecified atom stereocenters. The van der Waals surface area contributed by atoms with Crippen LogP contribution < -0.4 is 5.32 Å². The van der Waals surface area contributed by atoms with E-state index in [0.717, 1.165) is 11.5 Å². The van der Waals surface area contributed by atoms with Gasteiger partial charge in [-0.25, -0.2) is 0 Å². The van der Waals surface area contributed by atoms with Gasteiger partial charge in [0, 0.05) is 0 Å². The normalized spacial score (nSPS) is 27.4. The van der Waals surface area contributed by atoms with E-state index in [9.17, 15) is 4.79 Å². The lowest BCUT2D eigenvalue weighted by Crippen LogP contribution is -2.48. The lowest BCUT2D eigenvalue weighted by Gasteiger charge is -2.31. The van der Waals surface area contributed by atoms with E-state index in [4.69, 9.17) is 9.15 Å². The van der Waals surface area contributed by atoms with Crippen LogP contribution in [-0.2, 0) is 15.1 Å². The van der Waals surface area contributed by atoms with E-state index >= 15 is 0 Å². The Balaban J connectivity index is 2.20. The third-order valence-electron chi connectivity index (χ3n) is 2.41. The molecule has 0 saturated carbocycles. The summed E-state index contributed by atoms with van der Waals surface area (Å²) in [5.74, 6) is 1.53. The molecule has 1 saturated heterocycles. The van der Waals surface area contributed by atoms with Gasteiger partial charge in [0.1, 0.15) is 23.7 Å². The van der Waals surface area contributed by atoms with E-state index in [2.05, 4.69) is 5.32 Å². The van der Waals surface area contributed by atoms with Crippen molar-refractivity contribution in [2.75, 3.05) is 13.2 Å². The monoisotopic (exact) mass is 195 g/mol. The molecule has 1 aliphatic rings. The van der Waals surface area contributed by atoms with E-state index < -0.39 is 5.60 Å². The molecule has 1 N–H and O–H groups in total. The zero-order chi connectivity index (χ0) is 10.2. The molecular weight excluding hydrogens is 182 g/mol. The Morgan fingerprint density at radius 2 is 2.29 bits per heavy atom. The van der Waals surface area contributed by atoms with Crippen LogP contribution in [0.5, 0.6) is 0 Å². The van der Waals surface area contributed by atoms with Crippen molar-refractivity contribution in [1.82, 2.24) is 5.32 Å². The predicted octanol–water partition coefficient (Wildman–Crippen LogP) is 0.950. The second-order valence-corrected chi connectivity index (χ2v) is 3.71. The number of nitrogens with one attached hydrogen (secondary N) is 1. The van der Waals surface area contributed by atoms with E-state index in [1.165, 1.54) is 0 Å². The highest BCUT2D eigenvalue weighted by Gasteiger charge is 2.35. The van der Waals surface area contributed by atoms with Crippen LogP contribution in [-0.4, -0.2) is 19.1 Å². The molecule has 0 bridgehead atoms. The van der Waals surface area contributed by atoms with Crippen LogP contribution in [0.4, 0.5) is 0 Å². The number of furan rings is 1. The van der Waals surface area contributed by atoms with Crippen molar-refractivity contribution in [2.24, 2.45) is 0 Å². The zero-order valence-corrected chi connectivity index (χ0v) is 8.29. The summed E-state index contributed by atoms with van der Waals surface area (Å²) in [6.45, 7) is 4.34. The number of aryl methyl sites for hydroxylation is 1. The average molecular weight is 195 g/mol. The number of morpholine rings is 1.